The molecule has 3 aliphatic rings. The maximum Gasteiger partial charge on any atom is 0.273 e. The molecule has 2 amide bonds. The highest BCUT2D eigenvalue weighted by molar-refractivity contribution is 6.09. The van der Waals surface area contributed by atoms with Gasteiger partial charge >= 0.3 is 0 Å². The minimum absolute atomic E-state index is 0.219. The van der Waals surface area contributed by atoms with Gasteiger partial charge in [0.1, 0.15) is 11.5 Å². The number of nitrogens with zero attached hydrogens (tertiary/aromatic N) is 2. The first-order valence-electron chi connectivity index (χ1n) is 11.7. The zero-order chi connectivity index (χ0) is 23.4. The molecule has 1 aromatic rings. The quantitative estimate of drug-likeness (QED) is 0.628. The van der Waals surface area contributed by atoms with Crippen LogP contribution in [-0.4, -0.2) is 40.6 Å². The van der Waals surface area contributed by atoms with Crippen LogP contribution in [0.2, 0.25) is 0 Å². The van der Waals surface area contributed by atoms with Crippen LogP contribution in [-0.2, 0) is 9.59 Å². The molecule has 7 heteroatoms. The van der Waals surface area contributed by atoms with Gasteiger partial charge in [0.05, 0.1) is 5.76 Å². The van der Waals surface area contributed by atoms with Crippen molar-refractivity contribution in [3.63, 3.8) is 0 Å². The molecule has 0 unspecified atom stereocenters. The van der Waals surface area contributed by atoms with Crippen molar-refractivity contribution in [1.29, 1.82) is 0 Å². The fourth-order valence-electron chi connectivity index (χ4n) is 4.61. The van der Waals surface area contributed by atoms with E-state index in [0.717, 1.165) is 43.6 Å². The number of likely N-dealkylation sites (tertiary alicyclic amines) is 1. The van der Waals surface area contributed by atoms with Crippen molar-refractivity contribution < 1.29 is 19.1 Å². The number of rotatable bonds is 6. The summed E-state index contributed by atoms with van der Waals surface area (Å²) in [5, 5.41) is 12.5. The van der Waals surface area contributed by atoms with E-state index >= 15 is 0 Å². The van der Waals surface area contributed by atoms with E-state index in [4.69, 9.17) is 0 Å². The van der Waals surface area contributed by atoms with Crippen LogP contribution in [0.25, 0.3) is 5.57 Å². The summed E-state index contributed by atoms with van der Waals surface area (Å²) in [6.45, 7) is 3.49. The number of hydrogen-bond donors (Lipinski definition) is 2. The molecule has 33 heavy (non-hydrogen) atoms. The van der Waals surface area contributed by atoms with Gasteiger partial charge < -0.3 is 15.3 Å². The van der Waals surface area contributed by atoms with Crippen LogP contribution in [0.1, 0.15) is 57.4 Å². The SMILES string of the molecule is CCCC(=O)N1CCC(C2=NC(C(=O)Nc3ccc(F)cc3C3=CC=C(O)CC3)=CC2)CC1. The zero-order valence-electron chi connectivity index (χ0n) is 18.9. The van der Waals surface area contributed by atoms with Gasteiger partial charge in [0.25, 0.3) is 5.91 Å². The van der Waals surface area contributed by atoms with Gasteiger partial charge in [0.2, 0.25) is 5.91 Å². The van der Waals surface area contributed by atoms with E-state index in [0.29, 0.717) is 48.4 Å². The van der Waals surface area contributed by atoms with Crippen LogP contribution in [0.5, 0.6) is 0 Å². The molecule has 0 spiro atoms. The smallest absolute Gasteiger partial charge is 0.273 e. The summed E-state index contributed by atoms with van der Waals surface area (Å²) in [7, 11) is 0. The summed E-state index contributed by atoms with van der Waals surface area (Å²) < 4.78 is 13.9. The lowest BCUT2D eigenvalue weighted by atomic mass is 9.90. The zero-order valence-corrected chi connectivity index (χ0v) is 18.9. The van der Waals surface area contributed by atoms with Crippen LogP contribution < -0.4 is 5.32 Å². The molecular weight excluding hydrogens is 421 g/mol. The van der Waals surface area contributed by atoms with Crippen molar-refractivity contribution in [3.8, 4) is 0 Å². The van der Waals surface area contributed by atoms with Crippen molar-refractivity contribution >= 4 is 28.8 Å². The number of anilines is 1. The van der Waals surface area contributed by atoms with E-state index < -0.39 is 0 Å². The standard InChI is InChI=1S/C26H30FN3O3/c1-2-3-25(32)30-14-12-18(13-15-30)22-10-11-24(28-22)26(33)29-23-9-6-19(27)16-21(23)17-4-7-20(31)8-5-17/h4,6-7,9,11,16,18,31H,2-3,5,8,10,12-15H2,1H3,(H,29,33). The molecule has 0 atom stereocenters. The van der Waals surface area contributed by atoms with Gasteiger partial charge in [-0.2, -0.15) is 0 Å². The largest absolute Gasteiger partial charge is 0.512 e. The molecule has 2 N–H and O–H groups in total. The van der Waals surface area contributed by atoms with Crippen molar-refractivity contribution in [3.05, 3.63) is 59.3 Å². The summed E-state index contributed by atoms with van der Waals surface area (Å²) in [5.74, 6) is 0.0937. The number of allylic oxidation sites excluding steroid dienone is 5. The topological polar surface area (TPSA) is 82.0 Å². The van der Waals surface area contributed by atoms with Gasteiger partial charge in [-0.05, 0) is 61.6 Å². The Kier molecular flexibility index (Phi) is 7.06. The molecule has 6 nitrogen and oxygen atoms in total. The molecule has 174 valence electrons. The highest BCUT2D eigenvalue weighted by atomic mass is 19.1. The lowest BCUT2D eigenvalue weighted by Crippen LogP contribution is -2.39. The predicted octanol–water partition coefficient (Wildman–Crippen LogP) is 5.15. The molecule has 0 bridgehead atoms. The minimum Gasteiger partial charge on any atom is -0.512 e. The number of aliphatic hydroxyl groups is 1. The number of carbonyl (C=O) groups is 2. The monoisotopic (exact) mass is 451 g/mol. The van der Waals surface area contributed by atoms with Crippen LogP contribution in [0.4, 0.5) is 10.1 Å². The maximum atomic E-state index is 13.9. The number of nitrogens with one attached hydrogen (secondary N) is 1. The van der Waals surface area contributed by atoms with E-state index in [1.165, 1.54) is 12.1 Å². The highest BCUT2D eigenvalue weighted by Crippen LogP contribution is 2.32. The Morgan fingerprint density at radius 2 is 2.00 bits per heavy atom. The summed E-state index contributed by atoms with van der Waals surface area (Å²) in [4.78, 5) is 31.6. The van der Waals surface area contributed by atoms with Gasteiger partial charge in [0.15, 0.2) is 0 Å². The molecule has 1 fully saturated rings. The van der Waals surface area contributed by atoms with Gasteiger partial charge in [-0.1, -0.05) is 13.0 Å². The lowest BCUT2D eigenvalue weighted by Gasteiger charge is -2.32. The van der Waals surface area contributed by atoms with E-state index in [1.807, 2.05) is 17.9 Å². The Hall–Kier alpha value is -3.22. The van der Waals surface area contributed by atoms with E-state index in [1.54, 1.807) is 18.2 Å². The average molecular weight is 452 g/mol. The van der Waals surface area contributed by atoms with E-state index in [-0.39, 0.29) is 23.5 Å². The maximum absolute atomic E-state index is 13.9. The van der Waals surface area contributed by atoms with Gasteiger partial charge in [-0.15, -0.1) is 0 Å². The van der Waals surface area contributed by atoms with E-state index in [9.17, 15) is 19.1 Å². The predicted molar refractivity (Wildman–Crippen MR) is 127 cm³/mol. The van der Waals surface area contributed by atoms with Gasteiger partial charge in [0, 0.05) is 55.2 Å². The number of amides is 2. The number of aliphatic hydroxyl groups excluding tert-OH is 1. The number of aliphatic imine (C=N–C) groups is 1. The first-order valence-corrected chi connectivity index (χ1v) is 11.7. The van der Waals surface area contributed by atoms with Crippen molar-refractivity contribution in [2.45, 2.75) is 51.9 Å². The Labute approximate surface area is 193 Å². The molecule has 1 saturated heterocycles. The molecule has 2 aliphatic heterocycles. The van der Waals surface area contributed by atoms with Crippen molar-refractivity contribution in [1.82, 2.24) is 4.90 Å². The minimum atomic E-state index is -0.383. The number of halogens is 1. The average Bonchev–Trinajstić information content (AvgIpc) is 3.32. The van der Waals surface area contributed by atoms with Crippen LogP contribution in [0, 0.1) is 11.7 Å². The second kappa shape index (κ2) is 10.1. The second-order valence-corrected chi connectivity index (χ2v) is 8.80. The Bertz CT molecular complexity index is 1060. The first kappa shape index (κ1) is 23.0. The molecule has 4 rings (SSSR count). The molecule has 1 aromatic carbocycles. The lowest BCUT2D eigenvalue weighted by molar-refractivity contribution is -0.132. The normalized spacial score (nSPS) is 18.9. The fourth-order valence-corrected chi connectivity index (χ4v) is 4.61. The molecule has 1 aliphatic carbocycles. The number of piperidine rings is 1. The number of hydrogen-bond acceptors (Lipinski definition) is 4. The van der Waals surface area contributed by atoms with Crippen LogP contribution in [0.3, 0.4) is 0 Å². The summed E-state index contributed by atoms with van der Waals surface area (Å²) in [5.41, 5.74) is 3.36. The fraction of sp³-hybridized carbons (Fsp3) is 0.423. The van der Waals surface area contributed by atoms with Gasteiger partial charge in [-0.25, -0.2) is 4.39 Å². The molecule has 0 saturated carbocycles. The summed E-state index contributed by atoms with van der Waals surface area (Å²) in [6.07, 6.45) is 10.1. The van der Waals surface area contributed by atoms with Crippen molar-refractivity contribution in [2.75, 3.05) is 18.4 Å². The Morgan fingerprint density at radius 1 is 1.21 bits per heavy atom. The van der Waals surface area contributed by atoms with Crippen LogP contribution in [0.15, 0.2) is 52.9 Å². The Balaban J connectivity index is 1.41. The highest BCUT2D eigenvalue weighted by Gasteiger charge is 2.28. The molecule has 0 aromatic heterocycles. The second-order valence-electron chi connectivity index (χ2n) is 8.80. The third kappa shape index (κ3) is 5.41. The third-order valence-corrected chi connectivity index (χ3v) is 6.49. The third-order valence-electron chi connectivity index (χ3n) is 6.49. The molecule has 0 radical (unpaired) electrons. The number of benzene rings is 1. The molecular formula is C26H30FN3O3. The summed E-state index contributed by atoms with van der Waals surface area (Å²) in [6, 6.07) is 4.29. The summed E-state index contributed by atoms with van der Waals surface area (Å²) >= 11 is 0. The number of carbonyl (C=O) groups excluding carboxylic acids is 2. The van der Waals surface area contributed by atoms with Crippen LogP contribution >= 0.6 is 0 Å². The Morgan fingerprint density at radius 3 is 2.70 bits per heavy atom. The molecule has 2 heterocycles. The van der Waals surface area contributed by atoms with E-state index in [2.05, 4.69) is 10.3 Å². The van der Waals surface area contributed by atoms with Gasteiger partial charge in [-0.3, -0.25) is 14.6 Å². The first-order chi connectivity index (χ1) is 15.9. The van der Waals surface area contributed by atoms with Crippen molar-refractivity contribution in [2.24, 2.45) is 10.9 Å².